The number of hydrogen-bond donors (Lipinski definition) is 1. The van der Waals surface area contributed by atoms with Crippen LogP contribution in [-0.4, -0.2) is 29.3 Å². The predicted octanol–water partition coefficient (Wildman–Crippen LogP) is 5.01. The van der Waals surface area contributed by atoms with E-state index in [0.29, 0.717) is 11.6 Å². The van der Waals surface area contributed by atoms with E-state index in [1.807, 2.05) is 6.92 Å². The Hall–Kier alpha value is -2.11. The number of carbonyl (C=O) groups excluding carboxylic acids is 2. The second-order valence-corrected chi connectivity index (χ2v) is 7.69. The van der Waals surface area contributed by atoms with E-state index in [2.05, 4.69) is 5.32 Å². The highest BCUT2D eigenvalue weighted by Crippen LogP contribution is 2.21. The Balaban J connectivity index is 2.23. The van der Waals surface area contributed by atoms with Gasteiger partial charge in [-0.1, -0.05) is 54.7 Å². The van der Waals surface area contributed by atoms with E-state index in [1.165, 1.54) is 23.1 Å². The summed E-state index contributed by atoms with van der Waals surface area (Å²) in [5.41, 5.74) is 0.939. The number of nitrogens with one attached hydrogen (secondary N) is 1. The molecular weight excluding hydrogens is 414 g/mol. The summed E-state index contributed by atoms with van der Waals surface area (Å²) < 4.78 is 14.2. The molecule has 2 amide bonds. The van der Waals surface area contributed by atoms with Crippen molar-refractivity contribution in [1.82, 2.24) is 10.2 Å². The maximum Gasteiger partial charge on any atom is 0.242 e. The molecule has 156 valence electrons. The molecule has 0 saturated carbocycles. The lowest BCUT2D eigenvalue weighted by Gasteiger charge is -2.29. The fraction of sp³-hybridized carbons (Fsp3) is 0.364. The lowest BCUT2D eigenvalue weighted by Crippen LogP contribution is -2.48. The molecule has 0 aliphatic heterocycles. The fourth-order valence-electron chi connectivity index (χ4n) is 2.86. The van der Waals surface area contributed by atoms with E-state index >= 15 is 0 Å². The highest BCUT2D eigenvalue weighted by atomic mass is 35.5. The largest absolute Gasteiger partial charge is 0.354 e. The molecule has 0 fully saturated rings. The molecule has 0 spiro atoms. The van der Waals surface area contributed by atoms with Gasteiger partial charge in [0.05, 0.1) is 6.42 Å². The molecule has 4 nitrogen and oxygen atoms in total. The molecule has 2 rings (SSSR count). The molecule has 0 heterocycles. The smallest absolute Gasteiger partial charge is 0.242 e. The van der Waals surface area contributed by atoms with Gasteiger partial charge >= 0.3 is 0 Å². The zero-order chi connectivity index (χ0) is 21.4. The van der Waals surface area contributed by atoms with Crippen LogP contribution >= 0.6 is 23.2 Å². The van der Waals surface area contributed by atoms with Gasteiger partial charge in [0, 0.05) is 28.7 Å². The number of benzene rings is 2. The number of unbranched alkanes of at least 4 members (excludes halogenated alkanes) is 1. The first-order chi connectivity index (χ1) is 13.8. The first-order valence-corrected chi connectivity index (χ1v) is 10.3. The molecule has 0 aliphatic carbocycles. The third-order valence-corrected chi connectivity index (χ3v) is 5.26. The molecule has 0 bridgehead atoms. The molecule has 0 saturated heterocycles. The highest BCUT2D eigenvalue weighted by Gasteiger charge is 2.27. The normalized spacial score (nSPS) is 11.8. The fourth-order valence-corrected chi connectivity index (χ4v) is 3.22. The molecule has 7 heteroatoms. The van der Waals surface area contributed by atoms with Crippen LogP contribution in [0.4, 0.5) is 4.39 Å². The minimum Gasteiger partial charge on any atom is -0.354 e. The summed E-state index contributed by atoms with van der Waals surface area (Å²) in [7, 11) is 0. The summed E-state index contributed by atoms with van der Waals surface area (Å²) in [6.45, 7) is 4.44. The van der Waals surface area contributed by atoms with Crippen LogP contribution in [0, 0.1) is 5.82 Å². The van der Waals surface area contributed by atoms with Crippen LogP contribution in [0.1, 0.15) is 37.8 Å². The molecule has 29 heavy (non-hydrogen) atoms. The number of nitrogens with zero attached hydrogens (tertiary/aromatic N) is 1. The summed E-state index contributed by atoms with van der Waals surface area (Å²) >= 11 is 12.0. The third-order valence-electron chi connectivity index (χ3n) is 4.65. The summed E-state index contributed by atoms with van der Waals surface area (Å²) in [6, 6.07) is 10.6. The van der Waals surface area contributed by atoms with Crippen molar-refractivity contribution in [1.29, 1.82) is 0 Å². The van der Waals surface area contributed by atoms with Crippen LogP contribution < -0.4 is 5.32 Å². The van der Waals surface area contributed by atoms with Crippen molar-refractivity contribution in [2.75, 3.05) is 6.54 Å². The third kappa shape index (κ3) is 6.72. The second kappa shape index (κ2) is 11.2. The Morgan fingerprint density at radius 1 is 1.14 bits per heavy atom. The van der Waals surface area contributed by atoms with Crippen molar-refractivity contribution in [3.05, 3.63) is 69.5 Å². The van der Waals surface area contributed by atoms with Crippen LogP contribution in [0.5, 0.6) is 0 Å². The Labute approximate surface area is 181 Å². The quantitative estimate of drug-likeness (QED) is 0.559. The van der Waals surface area contributed by atoms with Gasteiger partial charge in [0.25, 0.3) is 0 Å². The maximum absolute atomic E-state index is 14.2. The Kier molecular flexibility index (Phi) is 8.93. The van der Waals surface area contributed by atoms with Crippen molar-refractivity contribution in [3.63, 3.8) is 0 Å². The number of carbonyl (C=O) groups is 2. The maximum atomic E-state index is 14.2. The highest BCUT2D eigenvalue weighted by molar-refractivity contribution is 6.31. The zero-order valence-corrected chi connectivity index (χ0v) is 18.1. The van der Waals surface area contributed by atoms with E-state index in [9.17, 15) is 14.0 Å². The van der Waals surface area contributed by atoms with Gasteiger partial charge in [-0.2, -0.15) is 0 Å². The molecule has 2 aromatic rings. The molecule has 1 N–H and O–H groups in total. The molecular formula is C22H25Cl2FN2O2. The van der Waals surface area contributed by atoms with Crippen LogP contribution in [-0.2, 0) is 22.6 Å². The summed E-state index contributed by atoms with van der Waals surface area (Å²) in [5.74, 6) is -1.18. The summed E-state index contributed by atoms with van der Waals surface area (Å²) in [5, 5.41) is 3.61. The van der Waals surface area contributed by atoms with E-state index in [-0.39, 0.29) is 35.4 Å². The predicted molar refractivity (Wildman–Crippen MR) is 114 cm³/mol. The summed E-state index contributed by atoms with van der Waals surface area (Å²) in [4.78, 5) is 27.1. The monoisotopic (exact) mass is 438 g/mol. The average Bonchev–Trinajstić information content (AvgIpc) is 2.70. The molecule has 0 aliphatic rings. The van der Waals surface area contributed by atoms with Crippen LogP contribution in [0.3, 0.4) is 0 Å². The first kappa shape index (κ1) is 23.2. The second-order valence-electron chi connectivity index (χ2n) is 6.85. The standard InChI is InChI=1S/C22H25Cl2FN2O2/c1-3-4-12-26-22(29)15(2)27(14-16-8-10-17(23)11-9-16)21(28)13-18-19(24)6-5-7-20(18)25/h5-11,15H,3-4,12-14H2,1-2H3,(H,26,29). The van der Waals surface area contributed by atoms with Gasteiger partial charge in [0.1, 0.15) is 11.9 Å². The van der Waals surface area contributed by atoms with Gasteiger partial charge in [0.15, 0.2) is 0 Å². The van der Waals surface area contributed by atoms with Crippen molar-refractivity contribution in [3.8, 4) is 0 Å². The molecule has 0 radical (unpaired) electrons. The van der Waals surface area contributed by atoms with E-state index in [1.54, 1.807) is 31.2 Å². The SMILES string of the molecule is CCCCNC(=O)C(C)N(Cc1ccc(Cl)cc1)C(=O)Cc1c(F)cccc1Cl. The van der Waals surface area contributed by atoms with Gasteiger partial charge in [0.2, 0.25) is 11.8 Å². The number of halogens is 3. The zero-order valence-electron chi connectivity index (χ0n) is 16.6. The number of hydrogen-bond acceptors (Lipinski definition) is 2. The van der Waals surface area contributed by atoms with Gasteiger partial charge in [-0.15, -0.1) is 0 Å². The van der Waals surface area contributed by atoms with Gasteiger partial charge in [-0.3, -0.25) is 9.59 Å². The molecule has 1 atom stereocenters. The van der Waals surface area contributed by atoms with E-state index in [4.69, 9.17) is 23.2 Å². The first-order valence-electron chi connectivity index (χ1n) is 9.58. The minimum absolute atomic E-state index is 0.124. The van der Waals surface area contributed by atoms with Crippen molar-refractivity contribution in [2.24, 2.45) is 0 Å². The molecule has 0 aromatic heterocycles. The number of rotatable bonds is 9. The molecule has 1 unspecified atom stereocenters. The van der Waals surface area contributed by atoms with Crippen molar-refractivity contribution >= 4 is 35.0 Å². The Bertz CT molecular complexity index is 823. The van der Waals surface area contributed by atoms with Gasteiger partial charge < -0.3 is 10.2 Å². The van der Waals surface area contributed by atoms with Crippen molar-refractivity contribution in [2.45, 2.75) is 45.7 Å². The topological polar surface area (TPSA) is 49.4 Å². The number of amides is 2. The lowest BCUT2D eigenvalue weighted by atomic mass is 10.1. The van der Waals surface area contributed by atoms with Crippen molar-refractivity contribution < 1.29 is 14.0 Å². The van der Waals surface area contributed by atoms with E-state index < -0.39 is 11.9 Å². The van der Waals surface area contributed by atoms with E-state index in [0.717, 1.165) is 18.4 Å². The molecule has 2 aromatic carbocycles. The van der Waals surface area contributed by atoms with Gasteiger partial charge in [-0.05, 0) is 43.2 Å². The average molecular weight is 439 g/mol. The van der Waals surface area contributed by atoms with Crippen LogP contribution in [0.2, 0.25) is 10.0 Å². The Morgan fingerprint density at radius 2 is 1.83 bits per heavy atom. The Morgan fingerprint density at radius 3 is 2.45 bits per heavy atom. The van der Waals surface area contributed by atoms with Crippen LogP contribution in [0.25, 0.3) is 0 Å². The van der Waals surface area contributed by atoms with Crippen LogP contribution in [0.15, 0.2) is 42.5 Å². The summed E-state index contributed by atoms with van der Waals surface area (Å²) in [6.07, 6.45) is 1.58. The van der Waals surface area contributed by atoms with Gasteiger partial charge in [-0.25, -0.2) is 4.39 Å². The lowest BCUT2D eigenvalue weighted by molar-refractivity contribution is -0.140. The minimum atomic E-state index is -0.722.